The van der Waals surface area contributed by atoms with E-state index in [1.807, 2.05) is 36.5 Å². The Kier molecular flexibility index (Phi) is 6.83. The molecule has 29 heavy (non-hydrogen) atoms. The van der Waals surface area contributed by atoms with Crippen LogP contribution in [0.3, 0.4) is 0 Å². The van der Waals surface area contributed by atoms with Gasteiger partial charge in [0.1, 0.15) is 0 Å². The average molecular weight is 412 g/mol. The number of carbonyl (C=O) groups excluding carboxylic acids is 1. The van der Waals surface area contributed by atoms with E-state index in [1.165, 1.54) is 24.8 Å². The number of hydrogen-bond acceptors (Lipinski definition) is 3. The van der Waals surface area contributed by atoms with Crippen molar-refractivity contribution < 1.29 is 4.79 Å². The van der Waals surface area contributed by atoms with Crippen LogP contribution in [0, 0.1) is 5.92 Å². The molecule has 1 saturated carbocycles. The highest BCUT2D eigenvalue weighted by atomic mass is 35.5. The molecule has 4 rings (SSSR count). The van der Waals surface area contributed by atoms with Gasteiger partial charge in [-0.25, -0.2) is 0 Å². The molecule has 2 aromatic rings. The minimum atomic E-state index is -0.0331. The molecule has 1 amide bonds. The number of likely N-dealkylation sites (tertiary alicyclic amines) is 1. The zero-order valence-electron chi connectivity index (χ0n) is 16.9. The maximum absolute atomic E-state index is 12.7. The first-order valence-corrected chi connectivity index (χ1v) is 11.3. The standard InChI is InChI=1S/C24H30ClN3O/c25-20-10-5-7-18(15-20)17-28-14-4-2-11-21(28)16-23(22-12-1-3-13-26-22)27-24(29)19-8-6-9-19/h1,3,5,7,10,12-13,15,19,21,23H,2,4,6,8-9,11,14,16-17H2,(H,27,29). The van der Waals surface area contributed by atoms with Crippen LogP contribution in [0.2, 0.25) is 5.02 Å². The molecule has 0 spiro atoms. The summed E-state index contributed by atoms with van der Waals surface area (Å²) in [5.74, 6) is 0.388. The molecule has 2 unspecified atom stereocenters. The maximum atomic E-state index is 12.7. The largest absolute Gasteiger partial charge is 0.347 e. The number of nitrogens with one attached hydrogen (secondary N) is 1. The monoisotopic (exact) mass is 411 g/mol. The van der Waals surface area contributed by atoms with Gasteiger partial charge < -0.3 is 5.32 Å². The van der Waals surface area contributed by atoms with Crippen LogP contribution in [0.4, 0.5) is 0 Å². The van der Waals surface area contributed by atoms with Crippen molar-refractivity contribution in [1.82, 2.24) is 15.2 Å². The zero-order chi connectivity index (χ0) is 20.1. The number of benzene rings is 1. The van der Waals surface area contributed by atoms with Crippen LogP contribution in [0.15, 0.2) is 48.7 Å². The SMILES string of the molecule is O=C(NC(CC1CCCCN1Cc1cccc(Cl)c1)c1ccccn1)C1CCC1. The number of halogens is 1. The minimum Gasteiger partial charge on any atom is -0.347 e. The van der Waals surface area contributed by atoms with Crippen molar-refractivity contribution in [2.24, 2.45) is 5.92 Å². The van der Waals surface area contributed by atoms with Crippen molar-refractivity contribution in [1.29, 1.82) is 0 Å². The fourth-order valence-electron chi connectivity index (χ4n) is 4.47. The van der Waals surface area contributed by atoms with Crippen molar-refractivity contribution in [3.05, 3.63) is 64.9 Å². The lowest BCUT2D eigenvalue weighted by molar-refractivity contribution is -0.128. The molecule has 1 saturated heterocycles. The highest BCUT2D eigenvalue weighted by Gasteiger charge is 2.31. The van der Waals surface area contributed by atoms with Gasteiger partial charge in [-0.1, -0.05) is 42.6 Å². The summed E-state index contributed by atoms with van der Waals surface area (Å²) >= 11 is 6.20. The molecule has 2 heterocycles. The predicted molar refractivity (Wildman–Crippen MR) is 117 cm³/mol. The molecule has 2 fully saturated rings. The van der Waals surface area contributed by atoms with Gasteiger partial charge >= 0.3 is 0 Å². The molecule has 1 aromatic carbocycles. The quantitative estimate of drug-likeness (QED) is 0.686. The van der Waals surface area contributed by atoms with E-state index < -0.39 is 0 Å². The first kappa shape index (κ1) is 20.4. The van der Waals surface area contributed by atoms with Crippen LogP contribution < -0.4 is 5.32 Å². The summed E-state index contributed by atoms with van der Waals surface area (Å²) < 4.78 is 0. The number of rotatable bonds is 7. The van der Waals surface area contributed by atoms with Crippen molar-refractivity contribution >= 4 is 17.5 Å². The van der Waals surface area contributed by atoms with Gasteiger partial charge in [0.05, 0.1) is 11.7 Å². The summed E-state index contributed by atoms with van der Waals surface area (Å²) in [7, 11) is 0. The summed E-state index contributed by atoms with van der Waals surface area (Å²) in [5, 5.41) is 4.11. The summed E-state index contributed by atoms with van der Waals surface area (Å²) in [5.41, 5.74) is 2.21. The molecule has 1 aromatic heterocycles. The van der Waals surface area contributed by atoms with Crippen LogP contribution in [0.1, 0.15) is 62.2 Å². The normalized spacial score (nSPS) is 21.3. The second-order valence-electron chi connectivity index (χ2n) is 8.43. The van der Waals surface area contributed by atoms with Crippen LogP contribution >= 0.6 is 11.6 Å². The van der Waals surface area contributed by atoms with Gasteiger partial charge in [0.2, 0.25) is 5.91 Å². The fraction of sp³-hybridized carbons (Fsp3) is 0.500. The lowest BCUT2D eigenvalue weighted by Crippen LogP contribution is -2.44. The maximum Gasteiger partial charge on any atom is 0.223 e. The lowest BCUT2D eigenvalue weighted by Gasteiger charge is -2.38. The van der Waals surface area contributed by atoms with Crippen molar-refractivity contribution in [2.75, 3.05) is 6.54 Å². The molecule has 5 heteroatoms. The minimum absolute atomic E-state index is 0.0331. The van der Waals surface area contributed by atoms with Crippen molar-refractivity contribution in [2.45, 2.75) is 63.6 Å². The molecule has 2 aliphatic rings. The third-order valence-electron chi connectivity index (χ3n) is 6.37. The van der Waals surface area contributed by atoms with Gasteiger partial charge in [0.25, 0.3) is 0 Å². The van der Waals surface area contributed by atoms with E-state index in [1.54, 1.807) is 0 Å². The Labute approximate surface area is 178 Å². The van der Waals surface area contributed by atoms with Gasteiger partial charge in [0.15, 0.2) is 0 Å². The van der Waals surface area contributed by atoms with Gasteiger partial charge in [-0.3, -0.25) is 14.7 Å². The van der Waals surface area contributed by atoms with Crippen molar-refractivity contribution in [3.63, 3.8) is 0 Å². The van der Waals surface area contributed by atoms with Crippen LogP contribution in [0.25, 0.3) is 0 Å². The molecule has 4 nitrogen and oxygen atoms in total. The molecule has 1 aliphatic heterocycles. The Morgan fingerprint density at radius 1 is 1.14 bits per heavy atom. The number of carbonyl (C=O) groups is 1. The lowest BCUT2D eigenvalue weighted by atomic mass is 9.84. The van der Waals surface area contributed by atoms with Gasteiger partial charge in [-0.15, -0.1) is 0 Å². The van der Waals surface area contributed by atoms with Gasteiger partial charge in [0, 0.05) is 29.7 Å². The Balaban J connectivity index is 1.48. The van der Waals surface area contributed by atoms with E-state index in [-0.39, 0.29) is 17.9 Å². The van der Waals surface area contributed by atoms with E-state index in [0.29, 0.717) is 6.04 Å². The molecule has 1 N–H and O–H groups in total. The molecule has 1 aliphatic carbocycles. The Hall–Kier alpha value is -1.91. The second kappa shape index (κ2) is 9.73. The summed E-state index contributed by atoms with van der Waals surface area (Å²) in [6, 6.07) is 14.5. The van der Waals surface area contributed by atoms with Crippen molar-refractivity contribution in [3.8, 4) is 0 Å². The molecule has 2 atom stereocenters. The summed E-state index contributed by atoms with van der Waals surface area (Å²) in [6.45, 7) is 1.99. The fourth-order valence-corrected chi connectivity index (χ4v) is 4.69. The van der Waals surface area contributed by atoms with E-state index in [0.717, 1.165) is 49.5 Å². The number of aromatic nitrogens is 1. The number of piperidine rings is 1. The topological polar surface area (TPSA) is 45.2 Å². The summed E-state index contributed by atoms with van der Waals surface area (Å²) in [4.78, 5) is 19.8. The highest BCUT2D eigenvalue weighted by molar-refractivity contribution is 6.30. The Morgan fingerprint density at radius 3 is 2.76 bits per heavy atom. The second-order valence-corrected chi connectivity index (χ2v) is 8.87. The van der Waals surface area contributed by atoms with Gasteiger partial charge in [-0.2, -0.15) is 0 Å². The molecule has 0 radical (unpaired) electrons. The molecular weight excluding hydrogens is 382 g/mol. The highest BCUT2D eigenvalue weighted by Crippen LogP contribution is 2.30. The molecular formula is C24H30ClN3O. The Morgan fingerprint density at radius 2 is 2.03 bits per heavy atom. The van der Waals surface area contributed by atoms with Crippen LogP contribution in [-0.4, -0.2) is 28.4 Å². The van der Waals surface area contributed by atoms with E-state index in [4.69, 9.17) is 11.6 Å². The predicted octanol–water partition coefficient (Wildman–Crippen LogP) is 5.14. The smallest absolute Gasteiger partial charge is 0.223 e. The van der Waals surface area contributed by atoms with Gasteiger partial charge in [-0.05, 0) is 68.5 Å². The van der Waals surface area contributed by atoms with E-state index >= 15 is 0 Å². The van der Waals surface area contributed by atoms with Crippen LogP contribution in [0.5, 0.6) is 0 Å². The number of pyridine rings is 1. The van der Waals surface area contributed by atoms with E-state index in [9.17, 15) is 4.79 Å². The first-order valence-electron chi connectivity index (χ1n) is 10.9. The average Bonchev–Trinajstić information content (AvgIpc) is 2.68. The van der Waals surface area contributed by atoms with Crippen LogP contribution in [-0.2, 0) is 11.3 Å². The first-order chi connectivity index (χ1) is 14.2. The van der Waals surface area contributed by atoms with E-state index in [2.05, 4.69) is 27.3 Å². The summed E-state index contributed by atoms with van der Waals surface area (Å²) in [6.07, 6.45) is 9.54. The Bertz CT molecular complexity index is 809. The third kappa shape index (κ3) is 5.37. The third-order valence-corrected chi connectivity index (χ3v) is 6.60. The number of amides is 1. The molecule has 154 valence electrons. The molecule has 0 bridgehead atoms. The zero-order valence-corrected chi connectivity index (χ0v) is 17.7. The number of nitrogens with zero attached hydrogens (tertiary/aromatic N) is 2. The number of hydrogen-bond donors (Lipinski definition) is 1.